The Bertz CT molecular complexity index is 1080. The van der Waals surface area contributed by atoms with Crippen LogP contribution in [0.15, 0.2) is 53.1 Å². The van der Waals surface area contributed by atoms with E-state index in [4.69, 9.17) is 33.5 Å². The highest BCUT2D eigenvalue weighted by molar-refractivity contribution is 6.30. The van der Waals surface area contributed by atoms with Gasteiger partial charge in [-0.25, -0.2) is 0 Å². The lowest BCUT2D eigenvalue weighted by Crippen LogP contribution is -2.50. The van der Waals surface area contributed by atoms with Crippen molar-refractivity contribution < 1.29 is 14.1 Å². The minimum absolute atomic E-state index is 0.0164. The number of carbonyl (C=O) groups excluding carboxylic acids is 2. The van der Waals surface area contributed by atoms with Gasteiger partial charge in [0.15, 0.2) is 5.69 Å². The van der Waals surface area contributed by atoms with Gasteiger partial charge in [-0.3, -0.25) is 14.5 Å². The average Bonchev–Trinajstić information content (AvgIpc) is 3.18. The van der Waals surface area contributed by atoms with Gasteiger partial charge in [-0.2, -0.15) is 0 Å². The van der Waals surface area contributed by atoms with Crippen molar-refractivity contribution in [1.82, 2.24) is 15.0 Å². The lowest BCUT2D eigenvalue weighted by atomic mass is 9.96. The number of amides is 2. The first-order chi connectivity index (χ1) is 15.3. The van der Waals surface area contributed by atoms with E-state index in [1.54, 1.807) is 11.8 Å². The summed E-state index contributed by atoms with van der Waals surface area (Å²) in [7, 11) is 0. The molecule has 1 saturated heterocycles. The highest BCUT2D eigenvalue weighted by Gasteiger charge is 2.32. The summed E-state index contributed by atoms with van der Waals surface area (Å²) in [5.41, 5.74) is 7.60. The first-order valence-electron chi connectivity index (χ1n) is 10.2. The zero-order valence-electron chi connectivity index (χ0n) is 17.4. The zero-order chi connectivity index (χ0) is 22.8. The van der Waals surface area contributed by atoms with Crippen LogP contribution in [-0.4, -0.2) is 52.9 Å². The summed E-state index contributed by atoms with van der Waals surface area (Å²) in [4.78, 5) is 28.7. The Kier molecular flexibility index (Phi) is 6.50. The fraction of sp³-hybridized carbons (Fsp3) is 0.261. The molecular formula is C23H22Cl2N4O3. The molecule has 9 heteroatoms. The van der Waals surface area contributed by atoms with Gasteiger partial charge in [0.1, 0.15) is 11.3 Å². The monoisotopic (exact) mass is 472 g/mol. The van der Waals surface area contributed by atoms with Gasteiger partial charge < -0.3 is 15.2 Å². The Morgan fingerprint density at radius 3 is 1.91 bits per heavy atom. The molecule has 0 unspecified atom stereocenters. The number of primary amides is 1. The summed E-state index contributed by atoms with van der Waals surface area (Å²) < 4.78 is 5.03. The van der Waals surface area contributed by atoms with Crippen LogP contribution in [0.2, 0.25) is 10.0 Å². The molecule has 7 nitrogen and oxygen atoms in total. The van der Waals surface area contributed by atoms with Crippen LogP contribution in [0.25, 0.3) is 0 Å². The number of nitrogens with two attached hydrogens (primary N) is 1. The van der Waals surface area contributed by atoms with Crippen molar-refractivity contribution in [1.29, 1.82) is 0 Å². The van der Waals surface area contributed by atoms with Gasteiger partial charge in [-0.1, -0.05) is 52.6 Å². The van der Waals surface area contributed by atoms with Gasteiger partial charge in [-0.05, 0) is 42.3 Å². The van der Waals surface area contributed by atoms with Crippen LogP contribution in [0.4, 0.5) is 0 Å². The van der Waals surface area contributed by atoms with Gasteiger partial charge in [0.05, 0.1) is 6.04 Å². The number of rotatable bonds is 5. The van der Waals surface area contributed by atoms with Gasteiger partial charge in [-0.15, -0.1) is 0 Å². The second-order valence-electron chi connectivity index (χ2n) is 7.66. The molecule has 2 aromatic carbocycles. The predicted octanol–water partition coefficient (Wildman–Crippen LogP) is 3.94. The molecule has 0 saturated carbocycles. The predicted molar refractivity (Wildman–Crippen MR) is 122 cm³/mol. The summed E-state index contributed by atoms with van der Waals surface area (Å²) in [6.45, 7) is 3.76. The van der Waals surface area contributed by atoms with Crippen LogP contribution in [0, 0.1) is 6.92 Å². The van der Waals surface area contributed by atoms with Crippen LogP contribution in [-0.2, 0) is 0 Å². The van der Waals surface area contributed by atoms with E-state index in [9.17, 15) is 9.59 Å². The van der Waals surface area contributed by atoms with Crippen molar-refractivity contribution in [2.24, 2.45) is 5.73 Å². The Morgan fingerprint density at radius 2 is 1.44 bits per heavy atom. The number of halogens is 2. The van der Waals surface area contributed by atoms with Crippen LogP contribution < -0.4 is 5.73 Å². The SMILES string of the molecule is Cc1onc(C(=O)N2CCN(C(c3ccc(Cl)cc3)c3ccc(Cl)cc3)CC2)c1C(N)=O. The minimum atomic E-state index is -0.726. The third kappa shape index (κ3) is 4.50. The molecule has 0 atom stereocenters. The molecule has 0 aliphatic carbocycles. The topological polar surface area (TPSA) is 92.7 Å². The molecule has 32 heavy (non-hydrogen) atoms. The van der Waals surface area contributed by atoms with Crippen molar-refractivity contribution in [2.45, 2.75) is 13.0 Å². The molecule has 1 fully saturated rings. The standard InChI is InChI=1S/C23H22Cl2N4O3/c1-14-19(22(26)30)20(27-32-14)23(31)29-12-10-28(11-13-29)21(15-2-6-17(24)7-3-15)16-4-8-18(25)9-5-16/h2-9,21H,10-13H2,1H3,(H2,26,30). The van der Waals surface area contributed by atoms with E-state index in [1.165, 1.54) is 0 Å². The summed E-state index contributed by atoms with van der Waals surface area (Å²) in [5, 5.41) is 5.12. The second kappa shape index (κ2) is 9.32. The Hall–Kier alpha value is -2.87. The van der Waals surface area contributed by atoms with Crippen LogP contribution in [0.1, 0.15) is 43.8 Å². The first kappa shape index (κ1) is 22.3. The third-order valence-corrected chi connectivity index (χ3v) is 6.15. The van der Waals surface area contributed by atoms with Crippen molar-refractivity contribution in [3.05, 3.63) is 86.7 Å². The van der Waals surface area contributed by atoms with Gasteiger partial charge in [0.25, 0.3) is 11.8 Å². The largest absolute Gasteiger partial charge is 0.365 e. The Balaban J connectivity index is 1.55. The van der Waals surface area contributed by atoms with E-state index < -0.39 is 5.91 Å². The quantitative estimate of drug-likeness (QED) is 0.606. The average molecular weight is 473 g/mol. The van der Waals surface area contributed by atoms with Gasteiger partial charge >= 0.3 is 0 Å². The van der Waals surface area contributed by atoms with E-state index in [-0.39, 0.29) is 29.0 Å². The smallest absolute Gasteiger partial charge is 0.276 e. The number of aryl methyl sites for hydroxylation is 1. The van der Waals surface area contributed by atoms with Crippen molar-refractivity contribution in [2.75, 3.05) is 26.2 Å². The number of nitrogens with zero attached hydrogens (tertiary/aromatic N) is 3. The number of hydrogen-bond acceptors (Lipinski definition) is 5. The normalized spacial score (nSPS) is 14.7. The van der Waals surface area contributed by atoms with Crippen molar-refractivity contribution in [3.63, 3.8) is 0 Å². The molecule has 0 spiro atoms. The molecule has 4 rings (SSSR count). The molecule has 2 N–H and O–H groups in total. The maximum absolute atomic E-state index is 13.0. The van der Waals surface area contributed by atoms with Crippen molar-refractivity contribution in [3.8, 4) is 0 Å². The highest BCUT2D eigenvalue weighted by Crippen LogP contribution is 2.31. The van der Waals surface area contributed by atoms with Gasteiger partial charge in [0.2, 0.25) is 0 Å². The molecule has 2 heterocycles. The molecule has 0 radical (unpaired) electrons. The molecular weight excluding hydrogens is 451 g/mol. The minimum Gasteiger partial charge on any atom is -0.365 e. The fourth-order valence-electron chi connectivity index (χ4n) is 4.05. The molecule has 1 aliphatic heterocycles. The molecule has 0 bridgehead atoms. The van der Waals surface area contributed by atoms with E-state index in [1.807, 2.05) is 48.5 Å². The summed E-state index contributed by atoms with van der Waals surface area (Å²) in [5.74, 6) is -0.842. The summed E-state index contributed by atoms with van der Waals surface area (Å²) in [6.07, 6.45) is 0. The third-order valence-electron chi connectivity index (χ3n) is 5.65. The molecule has 166 valence electrons. The first-order valence-corrected chi connectivity index (χ1v) is 10.9. The fourth-order valence-corrected chi connectivity index (χ4v) is 4.30. The Labute approximate surface area is 195 Å². The van der Waals surface area contributed by atoms with E-state index in [2.05, 4.69) is 10.1 Å². The number of benzene rings is 2. The summed E-state index contributed by atoms with van der Waals surface area (Å²) in [6, 6.07) is 15.5. The maximum Gasteiger partial charge on any atom is 0.276 e. The highest BCUT2D eigenvalue weighted by atomic mass is 35.5. The van der Waals surface area contributed by atoms with Gasteiger partial charge in [0, 0.05) is 36.2 Å². The molecule has 3 aromatic rings. The van der Waals surface area contributed by atoms with Crippen LogP contribution >= 0.6 is 23.2 Å². The van der Waals surface area contributed by atoms with E-state index in [0.29, 0.717) is 36.2 Å². The maximum atomic E-state index is 13.0. The number of hydrogen-bond donors (Lipinski definition) is 1. The second-order valence-corrected chi connectivity index (χ2v) is 8.53. The van der Waals surface area contributed by atoms with Crippen molar-refractivity contribution >= 4 is 35.0 Å². The lowest BCUT2D eigenvalue weighted by Gasteiger charge is -2.39. The number of carbonyl (C=O) groups is 2. The molecule has 2 amide bonds. The zero-order valence-corrected chi connectivity index (χ0v) is 18.9. The molecule has 1 aromatic heterocycles. The molecule has 1 aliphatic rings. The summed E-state index contributed by atoms with van der Waals surface area (Å²) >= 11 is 12.2. The van der Waals surface area contributed by atoms with E-state index in [0.717, 1.165) is 11.1 Å². The number of piperazine rings is 1. The van der Waals surface area contributed by atoms with E-state index >= 15 is 0 Å². The van der Waals surface area contributed by atoms with Crippen LogP contribution in [0.3, 0.4) is 0 Å². The van der Waals surface area contributed by atoms with Crippen LogP contribution in [0.5, 0.6) is 0 Å². The number of aromatic nitrogens is 1. The Morgan fingerprint density at radius 1 is 0.938 bits per heavy atom. The lowest BCUT2D eigenvalue weighted by molar-refractivity contribution is 0.0585.